The van der Waals surface area contributed by atoms with Crippen LogP contribution in [0.3, 0.4) is 0 Å². The summed E-state index contributed by atoms with van der Waals surface area (Å²) in [6, 6.07) is 31.6. The number of nitrogens with zero attached hydrogens (tertiary/aromatic N) is 1. The molecule has 0 saturated carbocycles. The van der Waals surface area contributed by atoms with Crippen LogP contribution in [-0.4, -0.2) is 33.6 Å². The molecule has 0 spiro atoms. The molecule has 5 rings (SSSR count). The molecule has 0 saturated heterocycles. The summed E-state index contributed by atoms with van der Waals surface area (Å²) in [5.74, 6) is 0.883. The first-order valence-electron chi connectivity index (χ1n) is 11.9. The number of hydrogen-bond donors (Lipinski definition) is 1. The van der Waals surface area contributed by atoms with Crippen LogP contribution in [0.2, 0.25) is 0 Å². The standard InChI is InChI=1S/C29H26N2O5S/c32-29(30-19-23-21-35-27-17-9-10-18-28(27)36-23)25-15-7-8-16-26(25)31(20-22-11-3-1-4-12-22)37(33,34)24-13-5-2-6-14-24/h1-18,23H,19-21H2,(H,30,32)/t23-/m1/s1. The monoisotopic (exact) mass is 514 g/mol. The van der Waals surface area contributed by atoms with E-state index in [1.54, 1.807) is 54.6 Å². The second-order valence-corrected chi connectivity index (χ2v) is 10.4. The van der Waals surface area contributed by atoms with E-state index in [1.165, 1.54) is 4.31 Å². The highest BCUT2D eigenvalue weighted by atomic mass is 32.2. The minimum Gasteiger partial charge on any atom is -0.486 e. The largest absolute Gasteiger partial charge is 0.486 e. The van der Waals surface area contributed by atoms with Crippen molar-refractivity contribution in [3.05, 3.63) is 120 Å². The Morgan fingerprint density at radius 2 is 1.43 bits per heavy atom. The summed E-state index contributed by atoms with van der Waals surface area (Å²) in [6.45, 7) is 0.561. The SMILES string of the molecule is O=C(NC[C@@H]1COc2ccccc2O1)c1ccccc1N(Cc1ccccc1)S(=O)(=O)c1ccccc1. The Bertz CT molecular complexity index is 1480. The zero-order chi connectivity index (χ0) is 25.7. The Labute approximate surface area is 216 Å². The normalized spacial score (nSPS) is 14.5. The molecule has 0 aliphatic carbocycles. The Kier molecular flexibility index (Phi) is 7.09. The lowest BCUT2D eigenvalue weighted by atomic mass is 10.1. The number of para-hydroxylation sites is 3. The molecule has 4 aromatic rings. The van der Waals surface area contributed by atoms with Crippen molar-refractivity contribution in [3.63, 3.8) is 0 Å². The summed E-state index contributed by atoms with van der Waals surface area (Å²) >= 11 is 0. The molecule has 1 amide bonds. The van der Waals surface area contributed by atoms with Crippen molar-refractivity contribution in [1.82, 2.24) is 5.32 Å². The third-order valence-corrected chi connectivity index (χ3v) is 7.75. The number of rotatable bonds is 8. The minimum absolute atomic E-state index is 0.0682. The van der Waals surface area contributed by atoms with E-state index < -0.39 is 15.9 Å². The number of benzene rings is 4. The average Bonchev–Trinajstić information content (AvgIpc) is 2.95. The van der Waals surface area contributed by atoms with E-state index in [0.717, 1.165) is 5.56 Å². The number of carbonyl (C=O) groups excluding carboxylic acids is 1. The maximum atomic E-state index is 13.8. The van der Waals surface area contributed by atoms with E-state index in [9.17, 15) is 13.2 Å². The van der Waals surface area contributed by atoms with Crippen LogP contribution in [0.4, 0.5) is 5.69 Å². The fraction of sp³-hybridized carbons (Fsp3) is 0.138. The van der Waals surface area contributed by atoms with Crippen LogP contribution < -0.4 is 19.1 Å². The van der Waals surface area contributed by atoms with E-state index in [1.807, 2.05) is 54.6 Å². The molecule has 7 nitrogen and oxygen atoms in total. The van der Waals surface area contributed by atoms with Gasteiger partial charge in [-0.2, -0.15) is 0 Å². The van der Waals surface area contributed by atoms with Crippen LogP contribution in [0.5, 0.6) is 11.5 Å². The molecule has 0 aromatic heterocycles. The topological polar surface area (TPSA) is 84.9 Å². The van der Waals surface area contributed by atoms with Crippen LogP contribution >= 0.6 is 0 Å². The van der Waals surface area contributed by atoms with Crippen LogP contribution in [0.15, 0.2) is 114 Å². The summed E-state index contributed by atoms with van der Waals surface area (Å²) in [4.78, 5) is 13.5. The van der Waals surface area contributed by atoms with Gasteiger partial charge in [-0.05, 0) is 42.0 Å². The first-order valence-corrected chi connectivity index (χ1v) is 13.3. The molecule has 0 radical (unpaired) electrons. The molecule has 4 aromatic carbocycles. The van der Waals surface area contributed by atoms with Crippen LogP contribution in [0, 0.1) is 0 Å². The third kappa shape index (κ3) is 5.44. The summed E-state index contributed by atoms with van der Waals surface area (Å²) in [6.07, 6.45) is -0.375. The van der Waals surface area contributed by atoms with Gasteiger partial charge < -0.3 is 14.8 Å². The van der Waals surface area contributed by atoms with Crippen molar-refractivity contribution in [2.24, 2.45) is 0 Å². The van der Waals surface area contributed by atoms with E-state index in [-0.39, 0.29) is 29.7 Å². The molecule has 37 heavy (non-hydrogen) atoms. The maximum Gasteiger partial charge on any atom is 0.264 e. The van der Waals surface area contributed by atoms with Crippen molar-refractivity contribution >= 4 is 21.6 Å². The number of nitrogens with one attached hydrogen (secondary N) is 1. The van der Waals surface area contributed by atoms with Crippen molar-refractivity contribution in [1.29, 1.82) is 0 Å². The average molecular weight is 515 g/mol. The van der Waals surface area contributed by atoms with Gasteiger partial charge in [0.05, 0.1) is 29.2 Å². The summed E-state index contributed by atoms with van der Waals surface area (Å²) < 4.78 is 40.5. The van der Waals surface area contributed by atoms with Crippen molar-refractivity contribution in [2.75, 3.05) is 17.5 Å². The maximum absolute atomic E-state index is 13.8. The molecule has 1 N–H and O–H groups in total. The number of hydrogen-bond acceptors (Lipinski definition) is 5. The lowest BCUT2D eigenvalue weighted by Gasteiger charge is -2.28. The van der Waals surface area contributed by atoms with Crippen molar-refractivity contribution in [2.45, 2.75) is 17.5 Å². The molecule has 1 aliphatic heterocycles. The molecule has 1 heterocycles. The Balaban J connectivity index is 1.42. The van der Waals surface area contributed by atoms with E-state index in [2.05, 4.69) is 5.32 Å². The zero-order valence-electron chi connectivity index (χ0n) is 20.0. The molecule has 188 valence electrons. The van der Waals surface area contributed by atoms with Gasteiger partial charge in [0, 0.05) is 0 Å². The molecule has 0 fully saturated rings. The van der Waals surface area contributed by atoms with Gasteiger partial charge in [-0.15, -0.1) is 0 Å². The molecule has 1 aliphatic rings. The summed E-state index contributed by atoms with van der Waals surface area (Å²) in [5, 5.41) is 2.88. The van der Waals surface area contributed by atoms with Gasteiger partial charge in [0.15, 0.2) is 11.5 Å². The van der Waals surface area contributed by atoms with Gasteiger partial charge in [0.2, 0.25) is 0 Å². The van der Waals surface area contributed by atoms with Crippen molar-refractivity contribution < 1.29 is 22.7 Å². The highest BCUT2D eigenvalue weighted by Crippen LogP contribution is 2.31. The van der Waals surface area contributed by atoms with Crippen LogP contribution in [-0.2, 0) is 16.6 Å². The summed E-state index contributed by atoms with van der Waals surface area (Å²) in [5.41, 5.74) is 1.33. The lowest BCUT2D eigenvalue weighted by molar-refractivity contribution is 0.0789. The Hall–Kier alpha value is -4.30. The van der Waals surface area contributed by atoms with Crippen LogP contribution in [0.1, 0.15) is 15.9 Å². The van der Waals surface area contributed by atoms with E-state index >= 15 is 0 Å². The van der Waals surface area contributed by atoms with E-state index in [0.29, 0.717) is 23.8 Å². The second-order valence-electron chi connectivity index (χ2n) is 8.54. The number of anilines is 1. The highest BCUT2D eigenvalue weighted by Gasteiger charge is 2.29. The quantitative estimate of drug-likeness (QED) is 0.370. The van der Waals surface area contributed by atoms with Gasteiger partial charge in [-0.3, -0.25) is 9.10 Å². The number of fused-ring (bicyclic) bond motifs is 1. The van der Waals surface area contributed by atoms with Crippen LogP contribution in [0.25, 0.3) is 0 Å². The van der Waals surface area contributed by atoms with Gasteiger partial charge in [0.25, 0.3) is 15.9 Å². The lowest BCUT2D eigenvalue weighted by Crippen LogP contribution is -2.41. The predicted octanol–water partition coefficient (Wildman–Crippen LogP) is 4.65. The molecule has 8 heteroatoms. The van der Waals surface area contributed by atoms with Gasteiger partial charge >= 0.3 is 0 Å². The number of sulfonamides is 1. The molecular weight excluding hydrogens is 488 g/mol. The minimum atomic E-state index is -3.97. The Morgan fingerprint density at radius 1 is 0.811 bits per heavy atom. The molecular formula is C29H26N2O5S. The highest BCUT2D eigenvalue weighted by molar-refractivity contribution is 7.92. The smallest absolute Gasteiger partial charge is 0.264 e. The fourth-order valence-electron chi connectivity index (χ4n) is 4.12. The molecule has 1 atom stereocenters. The number of ether oxygens (including phenoxy) is 2. The second kappa shape index (κ2) is 10.8. The third-order valence-electron chi connectivity index (χ3n) is 5.98. The van der Waals surface area contributed by atoms with Gasteiger partial charge in [-0.25, -0.2) is 8.42 Å². The zero-order valence-corrected chi connectivity index (χ0v) is 20.8. The summed E-state index contributed by atoms with van der Waals surface area (Å²) in [7, 11) is -3.97. The van der Waals surface area contributed by atoms with Gasteiger partial charge in [-0.1, -0.05) is 72.8 Å². The first kappa shape index (κ1) is 24.4. The predicted molar refractivity (Wildman–Crippen MR) is 141 cm³/mol. The number of carbonyl (C=O) groups is 1. The molecule has 0 bridgehead atoms. The molecule has 0 unspecified atom stereocenters. The Morgan fingerprint density at radius 3 is 2.19 bits per heavy atom. The fourth-order valence-corrected chi connectivity index (χ4v) is 5.61. The van der Waals surface area contributed by atoms with E-state index in [4.69, 9.17) is 9.47 Å². The first-order chi connectivity index (χ1) is 18.0. The van der Waals surface area contributed by atoms with Gasteiger partial charge in [0.1, 0.15) is 12.7 Å². The van der Waals surface area contributed by atoms with Crippen molar-refractivity contribution in [3.8, 4) is 11.5 Å². The number of amides is 1.